The summed E-state index contributed by atoms with van der Waals surface area (Å²) in [5, 5.41) is 8.88. The SMILES string of the molecule is CCC(C)N(CC(=O)O)C(=O)CN1CCCC1C.Cl. The summed E-state index contributed by atoms with van der Waals surface area (Å²) < 4.78 is 0. The highest BCUT2D eigenvalue weighted by Crippen LogP contribution is 2.16. The first-order chi connectivity index (χ1) is 8.45. The van der Waals surface area contributed by atoms with Crippen molar-refractivity contribution in [3.8, 4) is 0 Å². The van der Waals surface area contributed by atoms with Crippen molar-refractivity contribution in [2.45, 2.75) is 52.1 Å². The number of hydrogen-bond donors (Lipinski definition) is 1. The molecule has 1 amide bonds. The standard InChI is InChI=1S/C13H24N2O3.ClH/c1-4-10(2)15(9-13(17)18)12(16)8-14-7-5-6-11(14)3;/h10-11H,4-9H2,1-3H3,(H,17,18);1H. The third-order valence-corrected chi connectivity index (χ3v) is 3.78. The molecule has 5 nitrogen and oxygen atoms in total. The zero-order valence-corrected chi connectivity index (χ0v) is 12.8. The maximum Gasteiger partial charge on any atom is 0.323 e. The number of carbonyl (C=O) groups is 2. The van der Waals surface area contributed by atoms with Crippen LogP contribution in [0.5, 0.6) is 0 Å². The molecule has 0 saturated carbocycles. The third-order valence-electron chi connectivity index (χ3n) is 3.78. The molecule has 19 heavy (non-hydrogen) atoms. The predicted molar refractivity (Wildman–Crippen MR) is 76.6 cm³/mol. The highest BCUT2D eigenvalue weighted by molar-refractivity contribution is 5.85. The van der Waals surface area contributed by atoms with E-state index in [1.54, 1.807) is 0 Å². The van der Waals surface area contributed by atoms with Crippen molar-refractivity contribution in [2.24, 2.45) is 0 Å². The highest BCUT2D eigenvalue weighted by atomic mass is 35.5. The number of likely N-dealkylation sites (tertiary alicyclic amines) is 1. The molecule has 0 bridgehead atoms. The predicted octanol–water partition coefficient (Wildman–Crippen LogP) is 1.60. The topological polar surface area (TPSA) is 60.9 Å². The fourth-order valence-corrected chi connectivity index (χ4v) is 2.35. The van der Waals surface area contributed by atoms with Gasteiger partial charge in [0.15, 0.2) is 0 Å². The van der Waals surface area contributed by atoms with Crippen LogP contribution in [0.3, 0.4) is 0 Å². The number of nitrogens with zero attached hydrogens (tertiary/aromatic N) is 2. The monoisotopic (exact) mass is 292 g/mol. The third kappa shape index (κ3) is 5.37. The van der Waals surface area contributed by atoms with Crippen LogP contribution < -0.4 is 0 Å². The molecule has 1 fully saturated rings. The van der Waals surface area contributed by atoms with Gasteiger partial charge in [0.25, 0.3) is 0 Å². The summed E-state index contributed by atoms with van der Waals surface area (Å²) in [6, 6.07) is 0.407. The van der Waals surface area contributed by atoms with E-state index in [0.29, 0.717) is 12.6 Å². The molecule has 1 heterocycles. The molecule has 2 unspecified atom stereocenters. The minimum absolute atomic E-state index is 0. The minimum atomic E-state index is -0.946. The Balaban J connectivity index is 0.00000324. The lowest BCUT2D eigenvalue weighted by molar-refractivity contribution is -0.146. The Morgan fingerprint density at radius 2 is 2.11 bits per heavy atom. The number of aliphatic carboxylic acids is 1. The molecule has 112 valence electrons. The van der Waals surface area contributed by atoms with Crippen LogP contribution in [-0.2, 0) is 9.59 Å². The van der Waals surface area contributed by atoms with Gasteiger partial charge in [0.2, 0.25) is 5.91 Å². The van der Waals surface area contributed by atoms with Crippen LogP contribution in [0.4, 0.5) is 0 Å². The van der Waals surface area contributed by atoms with Gasteiger partial charge in [-0.3, -0.25) is 14.5 Å². The van der Waals surface area contributed by atoms with Gasteiger partial charge in [0, 0.05) is 12.1 Å². The van der Waals surface area contributed by atoms with E-state index in [0.717, 1.165) is 25.8 Å². The highest BCUT2D eigenvalue weighted by Gasteiger charge is 2.27. The fourth-order valence-electron chi connectivity index (χ4n) is 2.35. The van der Waals surface area contributed by atoms with Crippen molar-refractivity contribution in [2.75, 3.05) is 19.6 Å². The largest absolute Gasteiger partial charge is 0.480 e. The Labute approximate surface area is 121 Å². The number of carbonyl (C=O) groups excluding carboxylic acids is 1. The van der Waals surface area contributed by atoms with Gasteiger partial charge in [-0.1, -0.05) is 6.92 Å². The second kappa shape index (κ2) is 8.38. The molecule has 0 aromatic heterocycles. The molecule has 2 atom stereocenters. The second-order valence-corrected chi connectivity index (χ2v) is 5.13. The molecule has 0 aromatic carbocycles. The first kappa shape index (κ1) is 18.2. The van der Waals surface area contributed by atoms with Crippen LogP contribution in [0.15, 0.2) is 0 Å². The van der Waals surface area contributed by atoms with Crippen LogP contribution >= 0.6 is 12.4 Å². The van der Waals surface area contributed by atoms with Crippen molar-refractivity contribution in [1.29, 1.82) is 0 Å². The van der Waals surface area contributed by atoms with Crippen molar-refractivity contribution < 1.29 is 14.7 Å². The summed E-state index contributed by atoms with van der Waals surface area (Å²) in [4.78, 5) is 26.6. The van der Waals surface area contributed by atoms with E-state index in [2.05, 4.69) is 11.8 Å². The normalized spacial score (nSPS) is 20.7. The average Bonchev–Trinajstić information content (AvgIpc) is 2.70. The van der Waals surface area contributed by atoms with E-state index in [1.165, 1.54) is 4.90 Å². The van der Waals surface area contributed by atoms with Crippen LogP contribution in [0, 0.1) is 0 Å². The quantitative estimate of drug-likeness (QED) is 0.808. The molecule has 1 rings (SSSR count). The first-order valence-electron chi connectivity index (χ1n) is 6.71. The lowest BCUT2D eigenvalue weighted by atomic mass is 10.2. The second-order valence-electron chi connectivity index (χ2n) is 5.13. The number of amides is 1. The Morgan fingerprint density at radius 3 is 2.53 bits per heavy atom. The maximum atomic E-state index is 12.2. The van der Waals surface area contributed by atoms with Crippen molar-refractivity contribution >= 4 is 24.3 Å². The zero-order valence-electron chi connectivity index (χ0n) is 12.0. The zero-order chi connectivity index (χ0) is 13.7. The van der Waals surface area contributed by atoms with E-state index in [9.17, 15) is 9.59 Å². The molecule has 0 aromatic rings. The van der Waals surface area contributed by atoms with Gasteiger partial charge in [-0.15, -0.1) is 12.4 Å². The Hall–Kier alpha value is -0.810. The summed E-state index contributed by atoms with van der Waals surface area (Å²) >= 11 is 0. The molecule has 1 saturated heterocycles. The van der Waals surface area contributed by atoms with Crippen molar-refractivity contribution in [1.82, 2.24) is 9.80 Å². The Bertz CT molecular complexity index is 312. The number of rotatable bonds is 6. The number of carboxylic acids is 1. The van der Waals surface area contributed by atoms with Gasteiger partial charge in [-0.2, -0.15) is 0 Å². The summed E-state index contributed by atoms with van der Waals surface area (Å²) in [7, 11) is 0. The summed E-state index contributed by atoms with van der Waals surface area (Å²) in [5.41, 5.74) is 0. The van der Waals surface area contributed by atoms with Gasteiger partial charge in [-0.05, 0) is 39.7 Å². The van der Waals surface area contributed by atoms with Crippen LogP contribution in [0.25, 0.3) is 0 Å². The average molecular weight is 293 g/mol. The van der Waals surface area contributed by atoms with Gasteiger partial charge in [-0.25, -0.2) is 0 Å². The summed E-state index contributed by atoms with van der Waals surface area (Å²) in [6.07, 6.45) is 3.01. The first-order valence-corrected chi connectivity index (χ1v) is 6.71. The summed E-state index contributed by atoms with van der Waals surface area (Å²) in [5.74, 6) is -1.02. The number of carboxylic acid groups (broad SMARTS) is 1. The van der Waals surface area contributed by atoms with E-state index in [-0.39, 0.29) is 30.9 Å². The van der Waals surface area contributed by atoms with Crippen molar-refractivity contribution in [3.63, 3.8) is 0 Å². The Kier molecular flexibility index (Phi) is 8.02. The number of hydrogen-bond acceptors (Lipinski definition) is 3. The molecule has 6 heteroatoms. The smallest absolute Gasteiger partial charge is 0.323 e. The van der Waals surface area contributed by atoms with Crippen LogP contribution in [0.2, 0.25) is 0 Å². The van der Waals surface area contributed by atoms with Gasteiger partial charge in [0.05, 0.1) is 6.54 Å². The molecule has 0 spiro atoms. The van der Waals surface area contributed by atoms with E-state index in [1.807, 2.05) is 13.8 Å². The fraction of sp³-hybridized carbons (Fsp3) is 0.846. The maximum absolute atomic E-state index is 12.2. The van der Waals surface area contributed by atoms with E-state index < -0.39 is 5.97 Å². The van der Waals surface area contributed by atoms with Crippen LogP contribution in [0.1, 0.15) is 40.0 Å². The molecular weight excluding hydrogens is 268 g/mol. The van der Waals surface area contributed by atoms with Gasteiger partial charge in [0.1, 0.15) is 6.54 Å². The van der Waals surface area contributed by atoms with Crippen LogP contribution in [-0.4, -0.2) is 58.5 Å². The van der Waals surface area contributed by atoms with Gasteiger partial charge >= 0.3 is 5.97 Å². The van der Waals surface area contributed by atoms with E-state index >= 15 is 0 Å². The molecule has 1 aliphatic heterocycles. The number of halogens is 1. The summed E-state index contributed by atoms with van der Waals surface area (Å²) in [6.45, 7) is 7.06. The molecule has 1 aliphatic rings. The van der Waals surface area contributed by atoms with Gasteiger partial charge < -0.3 is 10.0 Å². The Morgan fingerprint density at radius 1 is 1.47 bits per heavy atom. The molecule has 1 N–H and O–H groups in total. The lowest BCUT2D eigenvalue weighted by Gasteiger charge is -2.30. The lowest BCUT2D eigenvalue weighted by Crippen LogP contribution is -2.47. The van der Waals surface area contributed by atoms with E-state index in [4.69, 9.17) is 5.11 Å². The molecule has 0 radical (unpaired) electrons. The molecular formula is C13H25ClN2O3. The minimum Gasteiger partial charge on any atom is -0.480 e. The van der Waals surface area contributed by atoms with Crippen molar-refractivity contribution in [3.05, 3.63) is 0 Å². The molecule has 0 aliphatic carbocycles.